The van der Waals surface area contributed by atoms with Gasteiger partial charge in [0.25, 0.3) is 5.56 Å². The van der Waals surface area contributed by atoms with E-state index in [4.69, 9.17) is 16.3 Å². The van der Waals surface area contributed by atoms with Gasteiger partial charge in [-0.15, -0.1) is 0 Å². The first-order valence-electron chi connectivity index (χ1n) is 9.89. The van der Waals surface area contributed by atoms with Gasteiger partial charge in [0.05, 0.1) is 13.7 Å². The Morgan fingerprint density at radius 2 is 1.76 bits per heavy atom. The summed E-state index contributed by atoms with van der Waals surface area (Å²) in [5, 5.41) is 1.23. The second kappa shape index (κ2) is 8.78. The second-order valence-electron chi connectivity index (χ2n) is 7.53. The molecule has 4 aromatic rings. The molecule has 170 valence electrons. The zero-order valence-corrected chi connectivity index (χ0v) is 18.4. The van der Waals surface area contributed by atoms with Crippen LogP contribution in [0.2, 0.25) is 5.02 Å². The van der Waals surface area contributed by atoms with Crippen molar-refractivity contribution >= 4 is 28.5 Å². The lowest BCUT2D eigenvalue weighted by atomic mass is 10.0. The van der Waals surface area contributed by atoms with Crippen molar-refractivity contribution in [2.75, 3.05) is 7.11 Å². The molecule has 0 saturated heterocycles. The van der Waals surface area contributed by atoms with Crippen molar-refractivity contribution < 1.29 is 22.7 Å². The van der Waals surface area contributed by atoms with Gasteiger partial charge in [-0.25, -0.2) is 13.2 Å². The highest BCUT2D eigenvalue weighted by Crippen LogP contribution is 2.36. The van der Waals surface area contributed by atoms with E-state index in [1.165, 1.54) is 23.9 Å². The number of halogens is 4. The van der Waals surface area contributed by atoms with Gasteiger partial charge in [-0.2, -0.15) is 0 Å². The lowest BCUT2D eigenvalue weighted by molar-refractivity contribution is -0.141. The van der Waals surface area contributed by atoms with E-state index in [9.17, 15) is 22.8 Å². The first-order valence-corrected chi connectivity index (χ1v) is 10.3. The van der Waals surface area contributed by atoms with E-state index < -0.39 is 29.0 Å². The Bertz CT molecular complexity index is 1460. The van der Waals surface area contributed by atoms with Gasteiger partial charge in [0.2, 0.25) is 0 Å². The van der Waals surface area contributed by atoms with Crippen molar-refractivity contribution in [3.63, 3.8) is 0 Å². The second-order valence-corrected chi connectivity index (χ2v) is 7.96. The van der Waals surface area contributed by atoms with E-state index in [1.807, 2.05) is 6.92 Å². The minimum atomic E-state index is -1.30. The van der Waals surface area contributed by atoms with E-state index in [0.29, 0.717) is 16.7 Å². The monoisotopic (exact) mass is 474 g/mol. The molecule has 5 nitrogen and oxygen atoms in total. The van der Waals surface area contributed by atoms with Gasteiger partial charge < -0.3 is 13.9 Å². The average Bonchev–Trinajstić information content (AvgIpc) is 3.03. The number of carbonyl (C=O) groups is 1. The number of ether oxygens (including phenoxy) is 1. The molecule has 9 heteroatoms. The molecular weight excluding hydrogens is 457 g/mol. The van der Waals surface area contributed by atoms with Crippen LogP contribution in [-0.4, -0.2) is 22.2 Å². The maximum Gasteiger partial charge on any atom is 0.325 e. The van der Waals surface area contributed by atoms with Gasteiger partial charge in [0.1, 0.15) is 12.4 Å². The van der Waals surface area contributed by atoms with Crippen molar-refractivity contribution in [3.05, 3.63) is 92.7 Å². The number of aromatic nitrogens is 2. The number of pyridine rings is 1. The molecular formula is C24H18ClF3N2O3. The summed E-state index contributed by atoms with van der Waals surface area (Å²) in [6.07, 6.45) is 1.51. The Balaban J connectivity index is 1.87. The van der Waals surface area contributed by atoms with Crippen LogP contribution in [0.3, 0.4) is 0 Å². The average molecular weight is 475 g/mol. The standard InChI is InChI=1S/C24H18ClF3N2O3/c1-13-24(17-8-16(25)4-5-21(17)30(13)12-23(32)33-2)14-3-6-22(31)29(10-14)11-15-7-19(27)20(28)9-18(15)26/h3-10H,11-12H2,1-2H3. The van der Waals surface area contributed by atoms with Crippen LogP contribution >= 0.6 is 11.6 Å². The summed E-state index contributed by atoms with van der Waals surface area (Å²) < 4.78 is 48.9. The topological polar surface area (TPSA) is 53.2 Å². The summed E-state index contributed by atoms with van der Waals surface area (Å²) in [6.45, 7) is 1.49. The summed E-state index contributed by atoms with van der Waals surface area (Å²) in [6, 6.07) is 9.32. The molecule has 0 bridgehead atoms. The van der Waals surface area contributed by atoms with E-state index in [1.54, 1.807) is 28.8 Å². The zero-order chi connectivity index (χ0) is 23.9. The fourth-order valence-corrected chi connectivity index (χ4v) is 4.06. The summed E-state index contributed by atoms with van der Waals surface area (Å²) in [7, 11) is 1.30. The van der Waals surface area contributed by atoms with E-state index in [-0.39, 0.29) is 18.7 Å². The van der Waals surface area contributed by atoms with Crippen LogP contribution < -0.4 is 5.56 Å². The molecule has 4 rings (SSSR count). The molecule has 2 aromatic carbocycles. The van der Waals surface area contributed by atoms with Gasteiger partial charge in [0.15, 0.2) is 11.6 Å². The van der Waals surface area contributed by atoms with Crippen LogP contribution in [0.1, 0.15) is 11.3 Å². The first-order chi connectivity index (χ1) is 15.7. The van der Waals surface area contributed by atoms with Gasteiger partial charge in [-0.05, 0) is 37.3 Å². The predicted molar refractivity (Wildman–Crippen MR) is 119 cm³/mol. The van der Waals surface area contributed by atoms with Crippen LogP contribution in [0.15, 0.2) is 53.5 Å². The molecule has 2 aromatic heterocycles. The number of nitrogens with zero attached hydrogens (tertiary/aromatic N) is 2. The highest BCUT2D eigenvalue weighted by molar-refractivity contribution is 6.31. The summed E-state index contributed by atoms with van der Waals surface area (Å²) >= 11 is 6.22. The Morgan fingerprint density at radius 1 is 1.03 bits per heavy atom. The number of fused-ring (bicyclic) bond motifs is 1. The summed E-state index contributed by atoms with van der Waals surface area (Å²) in [4.78, 5) is 24.4. The fourth-order valence-electron chi connectivity index (χ4n) is 3.89. The zero-order valence-electron chi connectivity index (χ0n) is 17.7. The molecule has 0 aliphatic carbocycles. The van der Waals surface area contributed by atoms with Crippen LogP contribution in [0.5, 0.6) is 0 Å². The highest BCUT2D eigenvalue weighted by atomic mass is 35.5. The maximum absolute atomic E-state index is 14.2. The lowest BCUT2D eigenvalue weighted by Gasteiger charge is -2.11. The third kappa shape index (κ3) is 4.26. The van der Waals surface area contributed by atoms with Crippen LogP contribution in [0.4, 0.5) is 13.2 Å². The molecule has 0 aliphatic heterocycles. The van der Waals surface area contributed by atoms with Crippen molar-refractivity contribution in [2.45, 2.75) is 20.0 Å². The third-order valence-corrected chi connectivity index (χ3v) is 5.74. The lowest BCUT2D eigenvalue weighted by Crippen LogP contribution is -2.20. The van der Waals surface area contributed by atoms with Gasteiger partial charge in [-0.1, -0.05) is 11.6 Å². The normalized spacial score (nSPS) is 11.2. The fraction of sp³-hybridized carbons (Fsp3) is 0.167. The number of hydrogen-bond acceptors (Lipinski definition) is 3. The van der Waals surface area contributed by atoms with Crippen LogP contribution in [-0.2, 0) is 22.6 Å². The molecule has 0 saturated carbocycles. The molecule has 33 heavy (non-hydrogen) atoms. The van der Waals surface area contributed by atoms with Crippen molar-refractivity contribution in [3.8, 4) is 11.1 Å². The molecule has 0 amide bonds. The quantitative estimate of drug-likeness (QED) is 0.300. The van der Waals surface area contributed by atoms with Crippen molar-refractivity contribution in [2.24, 2.45) is 0 Å². The van der Waals surface area contributed by atoms with Gasteiger partial charge in [0, 0.05) is 56.6 Å². The predicted octanol–water partition coefficient (Wildman–Crippen LogP) is 5.07. The van der Waals surface area contributed by atoms with Crippen LogP contribution in [0, 0.1) is 24.4 Å². The molecule has 0 fully saturated rings. The van der Waals surface area contributed by atoms with E-state index >= 15 is 0 Å². The number of esters is 1. The largest absolute Gasteiger partial charge is 0.468 e. The number of benzene rings is 2. The minimum Gasteiger partial charge on any atom is -0.468 e. The number of carbonyl (C=O) groups excluding carboxylic acids is 1. The Morgan fingerprint density at radius 3 is 2.48 bits per heavy atom. The van der Waals surface area contributed by atoms with Gasteiger partial charge in [-0.3, -0.25) is 9.59 Å². The molecule has 0 aliphatic rings. The smallest absolute Gasteiger partial charge is 0.325 e. The number of hydrogen-bond donors (Lipinski definition) is 0. The first kappa shape index (κ1) is 22.7. The Hall–Kier alpha value is -3.52. The summed E-state index contributed by atoms with van der Waals surface area (Å²) in [5.41, 5.74) is 2.17. The minimum absolute atomic E-state index is 0.0276. The van der Waals surface area contributed by atoms with Gasteiger partial charge >= 0.3 is 5.97 Å². The Labute approximate surface area is 191 Å². The molecule has 0 N–H and O–H groups in total. The highest BCUT2D eigenvalue weighted by Gasteiger charge is 2.19. The Kier molecular flexibility index (Phi) is 6.03. The van der Waals surface area contributed by atoms with Crippen molar-refractivity contribution in [1.82, 2.24) is 9.13 Å². The number of rotatable bonds is 5. The summed E-state index contributed by atoms with van der Waals surface area (Å²) in [5.74, 6) is -3.89. The molecule has 2 heterocycles. The molecule has 0 unspecified atom stereocenters. The van der Waals surface area contributed by atoms with E-state index in [2.05, 4.69) is 0 Å². The third-order valence-electron chi connectivity index (χ3n) is 5.50. The molecule has 0 atom stereocenters. The van der Waals surface area contributed by atoms with Crippen LogP contribution in [0.25, 0.3) is 22.0 Å². The maximum atomic E-state index is 14.2. The van der Waals surface area contributed by atoms with Crippen molar-refractivity contribution in [1.29, 1.82) is 0 Å². The molecule has 0 radical (unpaired) electrons. The number of methoxy groups -OCH3 is 1. The molecule has 0 spiro atoms. The SMILES string of the molecule is COC(=O)Cn1c(C)c(-c2ccc(=O)n(Cc3cc(F)c(F)cc3F)c2)c2cc(Cl)ccc21. The van der Waals surface area contributed by atoms with E-state index in [0.717, 1.165) is 28.2 Å².